The number of nitrogens with one attached hydrogen (secondary N) is 1. The van der Waals surface area contributed by atoms with Crippen LogP contribution in [0.3, 0.4) is 0 Å². The van der Waals surface area contributed by atoms with Crippen LogP contribution in [0.1, 0.15) is 16.8 Å². The Kier molecular flexibility index (Phi) is 3.66. The number of nitrogen functional groups attached to an aromatic ring is 1. The fraction of sp³-hybridized carbons (Fsp3) is 0.417. The molecule has 2 rings (SSSR count). The smallest absolute Gasteiger partial charge is 0.340 e. The van der Waals surface area contributed by atoms with E-state index in [1.54, 1.807) is 18.2 Å². The second-order valence-corrected chi connectivity index (χ2v) is 6.77. The van der Waals surface area contributed by atoms with Crippen LogP contribution in [0.25, 0.3) is 0 Å². The second-order valence-electron chi connectivity index (χ2n) is 4.54. The summed E-state index contributed by atoms with van der Waals surface area (Å²) in [6.45, 7) is 0. The Morgan fingerprint density at radius 2 is 2.21 bits per heavy atom. The molecule has 0 bridgehead atoms. The quantitative estimate of drug-likeness (QED) is 0.625. The number of benzene rings is 1. The first-order valence-electron chi connectivity index (χ1n) is 5.86. The Morgan fingerprint density at radius 1 is 1.47 bits per heavy atom. The molecule has 3 N–H and O–H groups in total. The molecule has 1 fully saturated rings. The third-order valence-corrected chi connectivity index (χ3v) is 4.83. The lowest BCUT2D eigenvalue weighted by Crippen LogP contribution is -2.20. The van der Waals surface area contributed by atoms with Gasteiger partial charge in [0.25, 0.3) is 0 Å². The molecule has 104 valence electrons. The number of rotatable bonds is 3. The van der Waals surface area contributed by atoms with E-state index >= 15 is 0 Å². The molecular weight excluding hydrogens is 268 g/mol. The summed E-state index contributed by atoms with van der Waals surface area (Å²) in [4.78, 5) is 11.5. The molecule has 0 aromatic heterocycles. The molecular formula is C12H16N2O4S. The number of nitrogens with two attached hydrogens (primary N) is 1. The first kappa shape index (κ1) is 13.7. The molecule has 1 saturated heterocycles. The number of hydrogen-bond acceptors (Lipinski definition) is 6. The van der Waals surface area contributed by atoms with Crippen molar-refractivity contribution in [1.82, 2.24) is 0 Å². The Labute approximate surface area is 111 Å². The molecule has 0 aliphatic carbocycles. The summed E-state index contributed by atoms with van der Waals surface area (Å²) >= 11 is 0. The van der Waals surface area contributed by atoms with Crippen molar-refractivity contribution < 1.29 is 17.9 Å². The minimum Gasteiger partial charge on any atom is -0.465 e. The standard InChI is InChI=1S/C12H16N2O4S/c1-18-12(15)10-6-8(2-3-11(10)13)14-9-4-5-19(16,17)7-9/h2-3,6,9,14H,4-5,7,13H2,1H3. The predicted molar refractivity (Wildman–Crippen MR) is 72.9 cm³/mol. The van der Waals surface area contributed by atoms with Crippen LogP contribution >= 0.6 is 0 Å². The summed E-state index contributed by atoms with van der Waals surface area (Å²) in [5, 5.41) is 3.10. The van der Waals surface area contributed by atoms with E-state index < -0.39 is 15.8 Å². The summed E-state index contributed by atoms with van der Waals surface area (Å²) in [5.74, 6) is -0.200. The van der Waals surface area contributed by atoms with Gasteiger partial charge in [-0.1, -0.05) is 0 Å². The molecule has 0 spiro atoms. The average molecular weight is 284 g/mol. The fourth-order valence-electron chi connectivity index (χ4n) is 2.08. The number of ether oxygens (including phenoxy) is 1. The van der Waals surface area contributed by atoms with E-state index in [9.17, 15) is 13.2 Å². The molecule has 0 amide bonds. The summed E-state index contributed by atoms with van der Waals surface area (Å²) in [6, 6.07) is 4.76. The first-order valence-corrected chi connectivity index (χ1v) is 7.68. The highest BCUT2D eigenvalue weighted by atomic mass is 32.2. The van der Waals surface area contributed by atoms with Crippen molar-refractivity contribution in [2.24, 2.45) is 0 Å². The van der Waals surface area contributed by atoms with Gasteiger partial charge in [-0.05, 0) is 24.6 Å². The Bertz CT molecular complexity index is 598. The van der Waals surface area contributed by atoms with Crippen LogP contribution in [0.15, 0.2) is 18.2 Å². The minimum absolute atomic E-state index is 0.116. The number of anilines is 2. The molecule has 1 aliphatic heterocycles. The van der Waals surface area contributed by atoms with Gasteiger partial charge < -0.3 is 15.8 Å². The zero-order valence-electron chi connectivity index (χ0n) is 10.5. The van der Waals surface area contributed by atoms with Crippen LogP contribution < -0.4 is 11.1 Å². The van der Waals surface area contributed by atoms with Gasteiger partial charge in [0.15, 0.2) is 9.84 Å². The summed E-state index contributed by atoms with van der Waals surface area (Å²) in [5.41, 5.74) is 6.96. The van der Waals surface area contributed by atoms with Crippen molar-refractivity contribution in [1.29, 1.82) is 0 Å². The molecule has 1 aliphatic rings. The largest absolute Gasteiger partial charge is 0.465 e. The fourth-order valence-corrected chi connectivity index (χ4v) is 3.75. The van der Waals surface area contributed by atoms with Gasteiger partial charge in [-0.15, -0.1) is 0 Å². The number of hydrogen-bond donors (Lipinski definition) is 2. The van der Waals surface area contributed by atoms with E-state index in [1.165, 1.54) is 7.11 Å². The molecule has 0 radical (unpaired) electrons. The van der Waals surface area contributed by atoms with E-state index in [0.717, 1.165) is 0 Å². The van der Waals surface area contributed by atoms with Crippen molar-refractivity contribution in [3.05, 3.63) is 23.8 Å². The SMILES string of the molecule is COC(=O)c1cc(NC2CCS(=O)(=O)C2)ccc1N. The van der Waals surface area contributed by atoms with Crippen molar-refractivity contribution in [3.8, 4) is 0 Å². The molecule has 6 nitrogen and oxygen atoms in total. The highest BCUT2D eigenvalue weighted by Crippen LogP contribution is 2.22. The molecule has 1 unspecified atom stereocenters. The molecule has 7 heteroatoms. The van der Waals surface area contributed by atoms with Gasteiger partial charge in [-0.3, -0.25) is 0 Å². The number of carbonyl (C=O) groups excluding carboxylic acids is 1. The molecule has 0 saturated carbocycles. The van der Waals surface area contributed by atoms with Gasteiger partial charge in [0.1, 0.15) is 0 Å². The van der Waals surface area contributed by atoms with Crippen LogP contribution in [0.4, 0.5) is 11.4 Å². The normalized spacial score (nSPS) is 21.0. The number of sulfone groups is 1. The van der Waals surface area contributed by atoms with Gasteiger partial charge in [0, 0.05) is 17.4 Å². The molecule has 19 heavy (non-hydrogen) atoms. The van der Waals surface area contributed by atoms with Crippen LogP contribution in [-0.4, -0.2) is 39.0 Å². The van der Waals surface area contributed by atoms with E-state index in [4.69, 9.17) is 5.73 Å². The number of methoxy groups -OCH3 is 1. The van der Waals surface area contributed by atoms with E-state index in [0.29, 0.717) is 17.8 Å². The topological polar surface area (TPSA) is 98.5 Å². The summed E-state index contributed by atoms with van der Waals surface area (Å²) < 4.78 is 27.4. The van der Waals surface area contributed by atoms with Crippen LogP contribution in [-0.2, 0) is 14.6 Å². The van der Waals surface area contributed by atoms with Crippen molar-refractivity contribution in [3.63, 3.8) is 0 Å². The van der Waals surface area contributed by atoms with Gasteiger partial charge >= 0.3 is 5.97 Å². The van der Waals surface area contributed by atoms with Crippen LogP contribution in [0.2, 0.25) is 0 Å². The van der Waals surface area contributed by atoms with Crippen molar-refractivity contribution in [2.45, 2.75) is 12.5 Å². The maximum absolute atomic E-state index is 11.5. The monoisotopic (exact) mass is 284 g/mol. The van der Waals surface area contributed by atoms with Crippen molar-refractivity contribution >= 4 is 27.2 Å². The minimum atomic E-state index is -2.93. The third kappa shape index (κ3) is 3.17. The lowest BCUT2D eigenvalue weighted by atomic mass is 10.1. The highest BCUT2D eigenvalue weighted by Gasteiger charge is 2.27. The van der Waals surface area contributed by atoms with Crippen LogP contribution in [0, 0.1) is 0 Å². The molecule has 1 atom stereocenters. The van der Waals surface area contributed by atoms with Crippen LogP contribution in [0.5, 0.6) is 0 Å². The zero-order chi connectivity index (χ0) is 14.0. The predicted octanol–water partition coefficient (Wildman–Crippen LogP) is 0.654. The van der Waals surface area contributed by atoms with Gasteiger partial charge in [-0.2, -0.15) is 0 Å². The maximum Gasteiger partial charge on any atom is 0.340 e. The summed E-state index contributed by atoms with van der Waals surface area (Å²) in [6.07, 6.45) is 0.570. The lowest BCUT2D eigenvalue weighted by Gasteiger charge is -2.14. The second kappa shape index (κ2) is 5.08. The highest BCUT2D eigenvalue weighted by molar-refractivity contribution is 7.91. The van der Waals surface area contributed by atoms with E-state index in [-0.39, 0.29) is 23.1 Å². The molecule has 1 heterocycles. The Balaban J connectivity index is 2.16. The van der Waals surface area contributed by atoms with Gasteiger partial charge in [0.2, 0.25) is 0 Å². The molecule has 1 aromatic rings. The average Bonchev–Trinajstić information content (AvgIpc) is 2.70. The van der Waals surface area contributed by atoms with Gasteiger partial charge in [-0.25, -0.2) is 13.2 Å². The zero-order valence-corrected chi connectivity index (χ0v) is 11.4. The number of esters is 1. The Hall–Kier alpha value is -1.76. The Morgan fingerprint density at radius 3 is 2.79 bits per heavy atom. The maximum atomic E-state index is 11.5. The summed E-state index contributed by atoms with van der Waals surface area (Å²) in [7, 11) is -1.65. The third-order valence-electron chi connectivity index (χ3n) is 3.06. The molecule has 1 aromatic carbocycles. The first-order chi connectivity index (χ1) is 8.91. The lowest BCUT2D eigenvalue weighted by molar-refractivity contribution is 0.0602. The number of carbonyl (C=O) groups is 1. The van der Waals surface area contributed by atoms with E-state index in [1.807, 2.05) is 0 Å². The van der Waals surface area contributed by atoms with Crippen molar-refractivity contribution in [2.75, 3.05) is 29.7 Å². The van der Waals surface area contributed by atoms with E-state index in [2.05, 4.69) is 10.1 Å². The van der Waals surface area contributed by atoms with Gasteiger partial charge in [0.05, 0.1) is 24.2 Å².